The van der Waals surface area contributed by atoms with Gasteiger partial charge in [0.1, 0.15) is 21.4 Å². The van der Waals surface area contributed by atoms with Gasteiger partial charge in [-0.1, -0.05) is 91.0 Å². The number of primary amides is 3. The molecule has 3 aromatic carbocycles. The van der Waals surface area contributed by atoms with Crippen LogP contribution in [0.4, 0.5) is 26.3 Å². The molecular formula is C83H92B3Cl4F6IN12O20. The largest absolute Gasteiger partial charge is 0.499 e. The number of nitrogens with one attached hydrogen (secondary N) is 3. The molecule has 0 saturated carbocycles. The first-order valence-electron chi connectivity index (χ1n) is 39.2. The predicted octanol–water partition coefficient (Wildman–Crippen LogP) is 11.9. The minimum atomic E-state index is -3.01. The highest BCUT2D eigenvalue weighted by Gasteiger charge is 2.55. The van der Waals surface area contributed by atoms with Crippen molar-refractivity contribution in [2.24, 2.45) is 17.2 Å². The van der Waals surface area contributed by atoms with E-state index in [9.17, 15) is 70.4 Å². The predicted molar refractivity (Wildman–Crippen MR) is 472 cm³/mol. The van der Waals surface area contributed by atoms with Crippen molar-refractivity contribution >= 4 is 142 Å². The molecule has 11 aromatic rings. The first-order chi connectivity index (χ1) is 60.4. The van der Waals surface area contributed by atoms with E-state index in [1.54, 1.807) is 145 Å². The number of hydrogen-bond donors (Lipinski definition) is 9. The number of halogens is 11. The lowest BCUT2D eigenvalue weighted by Gasteiger charge is -2.32. The third-order valence-corrected chi connectivity index (χ3v) is 23.2. The number of nitrogens with zero attached hydrogens (tertiary/aromatic N) is 6. The Hall–Kier alpha value is -10.2. The van der Waals surface area contributed by atoms with Gasteiger partial charge in [-0.15, -0.1) is 0 Å². The maximum absolute atomic E-state index is 13.2. The molecule has 3 saturated heterocycles. The Bertz CT molecular complexity index is 5530. The molecule has 6 amide bonds. The zero-order chi connectivity index (χ0) is 95.2. The standard InChI is InChI=1S/2C19H17ClF2N4O4.C15H15F2IN4O3.2C10H14BClO3.C10H15BO3/c20-14-7-11(9-30-14)15-12(8-26(25-15)19(21)22)18(29)24-13(16(27)17(23)28)6-10-4-2-1-3-5-10;20-16-11(6-7-30-16)14-12(9-26(25-14)19(21)22)18(29)24-13(15(27)17(23)28)8-10-4-2-1-3-5-10;16-15(17)22-7-9(12(18)21-22)14(25)20-10(11(23)13(19)24)6-8-4-2-1-3-5-8;1-9(2)10(3,4)15-11(14-9)7-5-8(12)13-6-7;1-9(2)10(3,4)15-11(14-9)7-5-6-13-8(7)12;1-9(2)10(3,4)14-11(13-9)8-5-6-12-7-8/h1-5,7-9,13,16,19,27H,6H2,(H2,23,28)(H,24,29);1-7,9,13,15,19,27H,8H2,(H2,23,28)(H,24,29);1-5,7,10-11,15,23H,6H2,(H2,19,24)(H,20,25);2*5-6H,1-4H3;5-7H,1-4H3. The molecule has 14 rings (SSSR count). The fourth-order valence-electron chi connectivity index (χ4n) is 12.2. The summed E-state index contributed by atoms with van der Waals surface area (Å²) in [5.74, 6) is -5.51. The lowest BCUT2D eigenvalue weighted by molar-refractivity contribution is -0.127. The van der Waals surface area contributed by atoms with Gasteiger partial charge in [0, 0.05) is 46.6 Å². The summed E-state index contributed by atoms with van der Waals surface area (Å²) in [5.41, 5.74) is 17.8. The molecule has 3 aliphatic rings. The van der Waals surface area contributed by atoms with Gasteiger partial charge < -0.3 is 98.5 Å². The van der Waals surface area contributed by atoms with Gasteiger partial charge in [0.25, 0.3) is 17.7 Å². The fourth-order valence-corrected chi connectivity index (χ4v) is 13.5. The summed E-state index contributed by atoms with van der Waals surface area (Å²) >= 11 is 24.9. The number of furan rings is 5. The molecule has 129 heavy (non-hydrogen) atoms. The first-order valence-corrected chi connectivity index (χ1v) is 41.8. The van der Waals surface area contributed by atoms with E-state index in [0.717, 1.165) is 46.8 Å². The number of alkyl halides is 6. The lowest BCUT2D eigenvalue weighted by Crippen LogP contribution is -2.50. The van der Waals surface area contributed by atoms with Gasteiger partial charge in [-0.05, 0) is 212 Å². The molecule has 12 N–H and O–H groups in total. The molecule has 690 valence electrons. The Kier molecular flexibility index (Phi) is 34.7. The molecule has 6 atom stereocenters. The number of nitrogens with two attached hydrogens (primary N) is 3. The number of aliphatic hydroxyl groups excluding tert-OH is 3. The van der Waals surface area contributed by atoms with Gasteiger partial charge in [-0.2, -0.15) is 41.6 Å². The summed E-state index contributed by atoms with van der Waals surface area (Å²) in [6.07, 6.45) is 6.59. The normalized spacial score (nSPS) is 16.8. The number of aromatic nitrogens is 6. The Labute approximate surface area is 770 Å². The average Bonchev–Trinajstić information content (AvgIpc) is 1.64. The molecule has 46 heteroatoms. The third kappa shape index (κ3) is 26.6. The van der Waals surface area contributed by atoms with Crippen molar-refractivity contribution < 1.29 is 120 Å². The van der Waals surface area contributed by atoms with Crippen molar-refractivity contribution in [1.29, 1.82) is 0 Å². The van der Waals surface area contributed by atoms with E-state index in [4.69, 9.17) is 114 Å². The SMILES string of the molecule is CC1(C)OB(c2ccoc2)OC1(C)C.CC1(C)OB(c2ccoc2Cl)OC1(C)C.CC1(C)OB(c2coc(Cl)c2)OC1(C)C.NC(=O)C(O)C(Cc1ccccc1)NC(=O)c1cn(C(F)F)nc1-c1ccoc1Cl.NC(=O)C(O)C(Cc1ccccc1)NC(=O)c1cn(C(F)F)nc1-c1coc(Cl)c1.NC(=O)C(O)C(Cc1ccccc1)NC(=O)c1cn(C(F)F)nc1I. The van der Waals surface area contributed by atoms with E-state index in [1.807, 2.05) is 89.2 Å². The zero-order valence-corrected chi connectivity index (χ0v) is 76.3. The molecule has 0 aliphatic carbocycles. The van der Waals surface area contributed by atoms with Crippen molar-refractivity contribution in [3.8, 4) is 22.5 Å². The Morgan fingerprint density at radius 2 is 0.775 bits per heavy atom. The summed E-state index contributed by atoms with van der Waals surface area (Å²) in [7, 11) is -1.15. The van der Waals surface area contributed by atoms with Crippen molar-refractivity contribution in [1.82, 2.24) is 45.3 Å². The van der Waals surface area contributed by atoms with Crippen LogP contribution >= 0.6 is 69.0 Å². The van der Waals surface area contributed by atoms with Crippen LogP contribution in [-0.2, 0) is 61.6 Å². The molecule has 3 fully saturated rings. The second kappa shape index (κ2) is 43.7. The number of benzene rings is 3. The summed E-state index contributed by atoms with van der Waals surface area (Å²) in [6.45, 7) is 15.3. The maximum Gasteiger partial charge on any atom is 0.499 e. The number of aliphatic hydroxyl groups is 3. The van der Waals surface area contributed by atoms with E-state index in [-0.39, 0.29) is 113 Å². The highest BCUT2D eigenvalue weighted by molar-refractivity contribution is 14.1. The number of hydrogen-bond acceptors (Lipinski definition) is 23. The molecule has 0 bridgehead atoms. The molecular weight excluding hydrogens is 1900 g/mol. The van der Waals surface area contributed by atoms with E-state index < -0.39 is 106 Å². The van der Waals surface area contributed by atoms with Gasteiger partial charge in [-0.3, -0.25) is 28.8 Å². The summed E-state index contributed by atoms with van der Waals surface area (Å²) in [5, 5.41) is 49.2. The molecule has 0 radical (unpaired) electrons. The number of carbonyl (C=O) groups excluding carboxylic acids is 6. The van der Waals surface area contributed by atoms with Crippen molar-refractivity contribution in [2.45, 2.75) is 192 Å². The van der Waals surface area contributed by atoms with Crippen LogP contribution in [0.15, 0.2) is 200 Å². The summed E-state index contributed by atoms with van der Waals surface area (Å²) in [4.78, 5) is 72.5. The molecule has 3 aliphatic heterocycles. The van der Waals surface area contributed by atoms with Crippen LogP contribution in [0.2, 0.25) is 20.9 Å². The second-order valence-electron chi connectivity index (χ2n) is 32.1. The maximum atomic E-state index is 13.2. The highest BCUT2D eigenvalue weighted by atomic mass is 127. The van der Waals surface area contributed by atoms with E-state index in [1.165, 1.54) is 24.7 Å². The van der Waals surface area contributed by atoms with Crippen molar-refractivity contribution in [2.75, 3.05) is 0 Å². The highest BCUT2D eigenvalue weighted by Crippen LogP contribution is 2.40. The smallest absolute Gasteiger partial charge is 0.473 e. The molecule has 6 unspecified atom stereocenters. The average molecular weight is 1990 g/mol. The summed E-state index contributed by atoms with van der Waals surface area (Å²) in [6, 6.07) is 31.1. The lowest BCUT2D eigenvalue weighted by atomic mass is 9.81. The third-order valence-electron chi connectivity index (χ3n) is 21.4. The van der Waals surface area contributed by atoms with Crippen LogP contribution in [0.3, 0.4) is 0 Å². The quantitative estimate of drug-likeness (QED) is 0.0138. The minimum Gasteiger partial charge on any atom is -0.473 e. The second-order valence-corrected chi connectivity index (χ2v) is 34.6. The van der Waals surface area contributed by atoms with Crippen LogP contribution in [-0.4, -0.2) is 172 Å². The van der Waals surface area contributed by atoms with Crippen LogP contribution < -0.4 is 49.5 Å². The van der Waals surface area contributed by atoms with Crippen LogP contribution in [0.1, 0.15) is 150 Å². The minimum absolute atomic E-state index is 0.0194. The van der Waals surface area contributed by atoms with E-state index in [0.29, 0.717) is 35.6 Å². The van der Waals surface area contributed by atoms with Gasteiger partial charge in [0.05, 0.1) is 105 Å². The number of amides is 6. The number of rotatable bonds is 26. The summed E-state index contributed by atoms with van der Waals surface area (Å²) < 4.78 is 139. The molecule has 0 spiro atoms. The van der Waals surface area contributed by atoms with Crippen molar-refractivity contribution in [3.05, 3.63) is 235 Å². The van der Waals surface area contributed by atoms with Crippen molar-refractivity contribution in [3.63, 3.8) is 0 Å². The van der Waals surface area contributed by atoms with Gasteiger partial charge >= 0.3 is 41.0 Å². The topological polar surface area (TPSA) is 452 Å². The van der Waals surface area contributed by atoms with E-state index >= 15 is 0 Å². The van der Waals surface area contributed by atoms with Gasteiger partial charge in [0.15, 0.2) is 34.0 Å². The number of carbonyl (C=O) groups is 6. The first kappa shape index (κ1) is 103. The van der Waals surface area contributed by atoms with Gasteiger partial charge in [-0.25, -0.2) is 14.0 Å². The van der Waals surface area contributed by atoms with E-state index in [2.05, 4.69) is 31.2 Å². The fraction of sp³-hybridized carbons (Fsp3) is 0.361. The molecule has 8 aromatic heterocycles. The monoisotopic (exact) mass is 1990 g/mol. The molecule has 11 heterocycles. The van der Waals surface area contributed by atoms with Gasteiger partial charge in [0.2, 0.25) is 22.9 Å². The Morgan fingerprint density at radius 1 is 0.426 bits per heavy atom. The Morgan fingerprint density at radius 3 is 1.11 bits per heavy atom. The van der Waals surface area contributed by atoms with Crippen LogP contribution in [0.5, 0.6) is 0 Å². The zero-order valence-electron chi connectivity index (χ0n) is 71.1. The van der Waals surface area contributed by atoms with Crippen LogP contribution in [0, 0.1) is 3.70 Å². The Balaban J connectivity index is 0.000000179. The molecule has 32 nitrogen and oxygen atoms in total. The van der Waals surface area contributed by atoms with Crippen LogP contribution in [0.25, 0.3) is 22.5 Å².